The van der Waals surface area contributed by atoms with E-state index in [4.69, 9.17) is 0 Å². The zero-order valence-electron chi connectivity index (χ0n) is 24.1. The van der Waals surface area contributed by atoms with Gasteiger partial charge in [-0.15, -0.1) is 0 Å². The van der Waals surface area contributed by atoms with Crippen molar-refractivity contribution >= 4 is 21.9 Å². The highest BCUT2D eigenvalue weighted by Crippen LogP contribution is 2.43. The van der Waals surface area contributed by atoms with Crippen molar-refractivity contribution in [2.75, 3.05) is 0 Å². The van der Waals surface area contributed by atoms with Crippen molar-refractivity contribution in [3.05, 3.63) is 185 Å². The van der Waals surface area contributed by atoms with Crippen LogP contribution in [0.1, 0.15) is 16.7 Å². The molecule has 1 nitrogen and oxygen atoms in total. The van der Waals surface area contributed by atoms with E-state index in [1.807, 2.05) is 12.4 Å². The molecule has 8 rings (SSSR count). The van der Waals surface area contributed by atoms with Gasteiger partial charge in [0.1, 0.15) is 0 Å². The molecule has 1 heterocycles. The summed E-state index contributed by atoms with van der Waals surface area (Å²) in [6.07, 6.45) is 13.1. The fourth-order valence-electron chi connectivity index (χ4n) is 7.21. The molecule has 0 saturated heterocycles. The molecule has 6 aromatic rings. The lowest BCUT2D eigenvalue weighted by atomic mass is 9.69. The fraction of sp³-hybridized carbons (Fsp3) is 0.0714. The fourth-order valence-corrected chi connectivity index (χ4v) is 7.21. The van der Waals surface area contributed by atoms with Gasteiger partial charge in [-0.05, 0) is 90.4 Å². The molecule has 204 valence electrons. The van der Waals surface area contributed by atoms with Crippen molar-refractivity contribution in [1.82, 2.24) is 4.98 Å². The summed E-state index contributed by atoms with van der Waals surface area (Å²) in [5.41, 5.74) is 11.6. The Hall–Kier alpha value is -5.27. The summed E-state index contributed by atoms with van der Waals surface area (Å²) in [5, 5.41) is 5.23. The summed E-state index contributed by atoms with van der Waals surface area (Å²) in [5.74, 6) is 0.462. The Morgan fingerprint density at radius 3 is 1.86 bits per heavy atom. The molecule has 0 amide bonds. The van der Waals surface area contributed by atoms with Crippen LogP contribution in [0.25, 0.3) is 44.2 Å². The molecule has 2 atom stereocenters. The highest BCUT2D eigenvalue weighted by atomic mass is 14.6. The van der Waals surface area contributed by atoms with Crippen LogP contribution in [-0.2, 0) is 0 Å². The van der Waals surface area contributed by atoms with E-state index in [9.17, 15) is 0 Å². The maximum atomic E-state index is 4.32. The van der Waals surface area contributed by atoms with Gasteiger partial charge in [-0.2, -0.15) is 0 Å². The topological polar surface area (TPSA) is 12.9 Å². The molecule has 1 heteroatoms. The van der Waals surface area contributed by atoms with Gasteiger partial charge in [0, 0.05) is 24.2 Å². The van der Waals surface area contributed by atoms with Gasteiger partial charge in [0.25, 0.3) is 0 Å². The first-order chi connectivity index (χ1) is 21.3. The molecule has 0 fully saturated rings. The van der Waals surface area contributed by atoms with Gasteiger partial charge in [-0.25, -0.2) is 0 Å². The molecular weight excluding hydrogens is 518 g/mol. The number of benzene rings is 5. The van der Waals surface area contributed by atoms with E-state index in [1.165, 1.54) is 71.3 Å². The van der Waals surface area contributed by atoms with Crippen molar-refractivity contribution in [2.45, 2.75) is 6.92 Å². The molecule has 5 aromatic carbocycles. The molecular formula is C42H31N. The second-order valence-corrected chi connectivity index (χ2v) is 11.5. The smallest absolute Gasteiger partial charge is 0.0303 e. The van der Waals surface area contributed by atoms with E-state index >= 15 is 0 Å². The summed E-state index contributed by atoms with van der Waals surface area (Å²) >= 11 is 0. The lowest BCUT2D eigenvalue weighted by Gasteiger charge is -2.34. The third-order valence-corrected chi connectivity index (χ3v) is 9.11. The molecule has 0 saturated carbocycles. The third-order valence-electron chi connectivity index (χ3n) is 9.11. The third kappa shape index (κ3) is 4.28. The molecule has 1 aromatic heterocycles. The van der Waals surface area contributed by atoms with E-state index in [2.05, 4.69) is 158 Å². The average molecular weight is 550 g/mol. The van der Waals surface area contributed by atoms with E-state index in [0.29, 0.717) is 0 Å². The number of aryl methyl sites for hydroxylation is 1. The molecule has 2 aliphatic carbocycles. The Labute approximate surface area is 252 Å². The van der Waals surface area contributed by atoms with Crippen LogP contribution < -0.4 is 10.4 Å². The first-order valence-corrected chi connectivity index (χ1v) is 15.1. The van der Waals surface area contributed by atoms with Crippen LogP contribution in [0.4, 0.5) is 0 Å². The Morgan fingerprint density at radius 1 is 0.488 bits per heavy atom. The summed E-state index contributed by atoms with van der Waals surface area (Å²) in [7, 11) is 0. The number of nitrogens with zero attached hydrogens (tertiary/aromatic N) is 1. The molecule has 0 aliphatic heterocycles. The van der Waals surface area contributed by atoms with Crippen LogP contribution in [0.2, 0.25) is 0 Å². The van der Waals surface area contributed by atoms with Crippen molar-refractivity contribution in [2.24, 2.45) is 11.8 Å². The van der Waals surface area contributed by atoms with Gasteiger partial charge in [-0.3, -0.25) is 4.98 Å². The van der Waals surface area contributed by atoms with Gasteiger partial charge in [0.05, 0.1) is 0 Å². The molecule has 0 spiro atoms. The number of rotatable bonds is 4. The van der Waals surface area contributed by atoms with E-state index < -0.39 is 0 Å². The van der Waals surface area contributed by atoms with Gasteiger partial charge < -0.3 is 0 Å². The zero-order chi connectivity index (χ0) is 28.8. The highest BCUT2D eigenvalue weighted by Gasteiger charge is 2.32. The SMILES string of the molecule is Cc1cnccc1-c1cccc(C2=c3ccccc3=C(c3cccc4c(-c5ccccc5)cccc34)C3C=CC=CC23)c1. The predicted octanol–water partition coefficient (Wildman–Crippen LogP) is 8.65. The van der Waals surface area contributed by atoms with Crippen LogP contribution in [-0.4, -0.2) is 4.98 Å². The van der Waals surface area contributed by atoms with E-state index in [0.717, 1.165) is 0 Å². The summed E-state index contributed by atoms with van der Waals surface area (Å²) in [6, 6.07) is 44.5. The second-order valence-electron chi connectivity index (χ2n) is 11.5. The minimum absolute atomic E-state index is 0.229. The Kier molecular flexibility index (Phi) is 6.23. The maximum Gasteiger partial charge on any atom is 0.0303 e. The molecule has 0 N–H and O–H groups in total. The van der Waals surface area contributed by atoms with Crippen LogP contribution in [0.5, 0.6) is 0 Å². The van der Waals surface area contributed by atoms with Gasteiger partial charge in [0.15, 0.2) is 0 Å². The molecule has 2 aliphatic rings. The first kappa shape index (κ1) is 25.4. The minimum Gasteiger partial charge on any atom is -0.264 e. The first-order valence-electron chi connectivity index (χ1n) is 15.1. The number of aromatic nitrogens is 1. The van der Waals surface area contributed by atoms with Gasteiger partial charge in [0.2, 0.25) is 0 Å². The molecule has 43 heavy (non-hydrogen) atoms. The summed E-state index contributed by atoms with van der Waals surface area (Å²) in [4.78, 5) is 4.32. The van der Waals surface area contributed by atoms with Crippen LogP contribution in [0, 0.1) is 18.8 Å². The highest BCUT2D eigenvalue weighted by molar-refractivity contribution is 6.03. The van der Waals surface area contributed by atoms with Crippen molar-refractivity contribution in [3.8, 4) is 22.3 Å². The zero-order valence-corrected chi connectivity index (χ0v) is 24.1. The average Bonchev–Trinajstić information content (AvgIpc) is 3.07. The quantitative estimate of drug-likeness (QED) is 0.214. The number of pyridine rings is 1. The largest absolute Gasteiger partial charge is 0.264 e. The van der Waals surface area contributed by atoms with Gasteiger partial charge >= 0.3 is 0 Å². The Balaban J connectivity index is 1.42. The predicted molar refractivity (Wildman–Crippen MR) is 180 cm³/mol. The van der Waals surface area contributed by atoms with Crippen molar-refractivity contribution < 1.29 is 0 Å². The number of hydrogen-bond donors (Lipinski definition) is 0. The van der Waals surface area contributed by atoms with Crippen molar-refractivity contribution in [1.29, 1.82) is 0 Å². The Bertz CT molecular complexity index is 2200. The lowest BCUT2D eigenvalue weighted by molar-refractivity contribution is 0.687. The van der Waals surface area contributed by atoms with Crippen LogP contribution in [0.3, 0.4) is 0 Å². The minimum atomic E-state index is 0.229. The number of fused-ring (bicyclic) bond motifs is 3. The van der Waals surface area contributed by atoms with Gasteiger partial charge in [-0.1, -0.05) is 133 Å². The standard InChI is InChI=1S/C42H31N/c1-28-27-43-25-24-32(28)30-14-9-15-31(26-30)41-37-16-5-7-18-39(37)42(40-19-8-6-17-38(40)41)36-23-11-21-34-33(20-10-22-35(34)36)29-12-3-2-4-13-29/h2-27,37,39H,1H3. The summed E-state index contributed by atoms with van der Waals surface area (Å²) < 4.78 is 0. The summed E-state index contributed by atoms with van der Waals surface area (Å²) in [6.45, 7) is 2.14. The normalized spacial score (nSPS) is 17.1. The van der Waals surface area contributed by atoms with Crippen LogP contribution in [0.15, 0.2) is 158 Å². The van der Waals surface area contributed by atoms with Crippen molar-refractivity contribution in [3.63, 3.8) is 0 Å². The Morgan fingerprint density at radius 2 is 1.09 bits per heavy atom. The monoisotopic (exact) mass is 549 g/mol. The van der Waals surface area contributed by atoms with E-state index in [-0.39, 0.29) is 11.8 Å². The molecule has 0 bridgehead atoms. The second kappa shape index (κ2) is 10.5. The number of hydrogen-bond acceptors (Lipinski definition) is 1. The van der Waals surface area contributed by atoms with Crippen LogP contribution >= 0.6 is 0 Å². The van der Waals surface area contributed by atoms with E-state index in [1.54, 1.807) is 0 Å². The maximum absolute atomic E-state index is 4.32. The lowest BCUT2D eigenvalue weighted by Crippen LogP contribution is -2.40. The number of allylic oxidation sites excluding steroid dienone is 4. The molecule has 2 unspecified atom stereocenters. The molecule has 0 radical (unpaired) electrons.